The number of piperidine rings is 1. The van der Waals surface area contributed by atoms with E-state index in [0.717, 1.165) is 49.8 Å². The summed E-state index contributed by atoms with van der Waals surface area (Å²) >= 11 is 0. The zero-order valence-electron chi connectivity index (χ0n) is 19.0. The van der Waals surface area contributed by atoms with Crippen molar-refractivity contribution in [3.8, 4) is 5.75 Å². The van der Waals surface area contributed by atoms with Crippen molar-refractivity contribution in [3.63, 3.8) is 0 Å². The van der Waals surface area contributed by atoms with Crippen molar-refractivity contribution >= 4 is 10.9 Å². The third-order valence-electron chi connectivity index (χ3n) is 6.53. The van der Waals surface area contributed by atoms with Gasteiger partial charge in [-0.3, -0.25) is 9.88 Å². The molecule has 0 radical (unpaired) electrons. The van der Waals surface area contributed by atoms with Gasteiger partial charge in [-0.2, -0.15) is 0 Å². The number of benzene rings is 2. The third kappa shape index (κ3) is 5.84. The summed E-state index contributed by atoms with van der Waals surface area (Å²) in [5.74, 6) is 1.69. The predicted molar refractivity (Wildman–Crippen MR) is 129 cm³/mol. The SMILES string of the molecule is CCN(Cc1cccc2cccnc12)CC1CCCN(CCc2cccc(OC)c2)C1. The van der Waals surface area contributed by atoms with E-state index < -0.39 is 0 Å². The van der Waals surface area contributed by atoms with Crippen molar-refractivity contribution in [1.29, 1.82) is 0 Å². The number of rotatable bonds is 9. The van der Waals surface area contributed by atoms with Gasteiger partial charge < -0.3 is 9.64 Å². The van der Waals surface area contributed by atoms with Crippen molar-refractivity contribution < 1.29 is 4.74 Å². The Bertz CT molecular complexity index is 968. The van der Waals surface area contributed by atoms with Crippen LogP contribution >= 0.6 is 0 Å². The van der Waals surface area contributed by atoms with Gasteiger partial charge in [0.05, 0.1) is 12.6 Å². The van der Waals surface area contributed by atoms with E-state index in [9.17, 15) is 0 Å². The predicted octanol–water partition coefficient (Wildman–Crippen LogP) is 5.02. The molecule has 0 saturated carbocycles. The van der Waals surface area contributed by atoms with Crippen LogP contribution in [0.25, 0.3) is 10.9 Å². The zero-order valence-corrected chi connectivity index (χ0v) is 19.0. The summed E-state index contributed by atoms with van der Waals surface area (Å²) in [6.45, 7) is 9.04. The van der Waals surface area contributed by atoms with Crippen LogP contribution in [0.5, 0.6) is 5.75 Å². The van der Waals surface area contributed by atoms with E-state index in [1.165, 1.54) is 42.4 Å². The highest BCUT2D eigenvalue weighted by atomic mass is 16.5. The maximum absolute atomic E-state index is 5.37. The molecule has 4 heteroatoms. The summed E-state index contributed by atoms with van der Waals surface area (Å²) in [5, 5.41) is 1.23. The van der Waals surface area contributed by atoms with Crippen molar-refractivity contribution in [1.82, 2.24) is 14.8 Å². The van der Waals surface area contributed by atoms with Crippen molar-refractivity contribution in [2.24, 2.45) is 5.92 Å². The molecule has 0 bridgehead atoms. The summed E-state index contributed by atoms with van der Waals surface area (Å²) in [7, 11) is 1.74. The number of hydrogen-bond donors (Lipinski definition) is 0. The van der Waals surface area contributed by atoms with Gasteiger partial charge in [-0.05, 0) is 67.6 Å². The largest absolute Gasteiger partial charge is 0.497 e. The van der Waals surface area contributed by atoms with Gasteiger partial charge in [-0.15, -0.1) is 0 Å². The molecule has 0 N–H and O–H groups in total. The second-order valence-electron chi connectivity index (χ2n) is 8.73. The lowest BCUT2D eigenvalue weighted by Gasteiger charge is -2.35. The lowest BCUT2D eigenvalue weighted by molar-refractivity contribution is 0.133. The molecule has 2 aromatic carbocycles. The van der Waals surface area contributed by atoms with Crippen LogP contribution in [-0.4, -0.2) is 54.6 Å². The molecule has 0 aliphatic carbocycles. The van der Waals surface area contributed by atoms with Crippen LogP contribution in [0.2, 0.25) is 0 Å². The Labute approximate surface area is 186 Å². The molecule has 0 amide bonds. The Kier molecular flexibility index (Phi) is 7.55. The molecule has 3 aromatic rings. The first kappa shape index (κ1) is 21.8. The maximum Gasteiger partial charge on any atom is 0.119 e. The Morgan fingerprint density at radius 3 is 2.87 bits per heavy atom. The highest BCUT2D eigenvalue weighted by Gasteiger charge is 2.22. The van der Waals surface area contributed by atoms with Crippen LogP contribution in [-0.2, 0) is 13.0 Å². The normalized spacial score (nSPS) is 17.3. The smallest absolute Gasteiger partial charge is 0.119 e. The molecule has 1 unspecified atom stereocenters. The fourth-order valence-electron chi connectivity index (χ4n) is 4.83. The van der Waals surface area contributed by atoms with E-state index in [0.29, 0.717) is 0 Å². The topological polar surface area (TPSA) is 28.6 Å². The molecule has 164 valence electrons. The summed E-state index contributed by atoms with van der Waals surface area (Å²) < 4.78 is 5.37. The number of fused-ring (bicyclic) bond motifs is 1. The van der Waals surface area contributed by atoms with Crippen LogP contribution in [0, 0.1) is 5.92 Å². The van der Waals surface area contributed by atoms with Crippen LogP contribution in [0.15, 0.2) is 60.8 Å². The first-order valence-corrected chi connectivity index (χ1v) is 11.7. The molecule has 1 aromatic heterocycles. The fraction of sp³-hybridized carbons (Fsp3) is 0.444. The van der Waals surface area contributed by atoms with E-state index in [-0.39, 0.29) is 0 Å². The van der Waals surface area contributed by atoms with Crippen LogP contribution in [0.1, 0.15) is 30.9 Å². The lowest BCUT2D eigenvalue weighted by Crippen LogP contribution is -2.41. The minimum absolute atomic E-state index is 0.738. The van der Waals surface area contributed by atoms with Crippen molar-refractivity contribution in [3.05, 3.63) is 71.9 Å². The number of ether oxygens (including phenoxy) is 1. The van der Waals surface area contributed by atoms with Gasteiger partial charge in [0, 0.05) is 37.8 Å². The minimum atomic E-state index is 0.738. The highest BCUT2D eigenvalue weighted by Crippen LogP contribution is 2.22. The number of para-hydroxylation sites is 1. The molecule has 1 saturated heterocycles. The Morgan fingerprint density at radius 2 is 2.00 bits per heavy atom. The zero-order chi connectivity index (χ0) is 21.5. The van der Waals surface area contributed by atoms with E-state index in [2.05, 4.69) is 64.2 Å². The van der Waals surface area contributed by atoms with E-state index in [1.807, 2.05) is 18.3 Å². The summed E-state index contributed by atoms with van der Waals surface area (Å²) in [5.41, 5.74) is 3.85. The molecule has 1 atom stereocenters. The first-order valence-electron chi connectivity index (χ1n) is 11.7. The third-order valence-corrected chi connectivity index (χ3v) is 6.53. The molecule has 1 aliphatic heterocycles. The highest BCUT2D eigenvalue weighted by molar-refractivity contribution is 5.81. The first-order chi connectivity index (χ1) is 15.2. The van der Waals surface area contributed by atoms with Gasteiger partial charge in [0.15, 0.2) is 0 Å². The van der Waals surface area contributed by atoms with Gasteiger partial charge in [0.1, 0.15) is 5.75 Å². The average molecular weight is 418 g/mol. The lowest BCUT2D eigenvalue weighted by atomic mass is 9.96. The van der Waals surface area contributed by atoms with Gasteiger partial charge in [-0.25, -0.2) is 0 Å². The molecular formula is C27H35N3O. The maximum atomic E-state index is 5.37. The van der Waals surface area contributed by atoms with E-state index >= 15 is 0 Å². The summed E-state index contributed by atoms with van der Waals surface area (Å²) in [6, 6.07) is 19.2. The molecule has 4 nitrogen and oxygen atoms in total. The molecule has 1 aliphatic rings. The quantitative estimate of drug-likeness (QED) is 0.489. The molecule has 1 fully saturated rings. The molecule has 4 rings (SSSR count). The van der Waals surface area contributed by atoms with Crippen LogP contribution in [0.3, 0.4) is 0 Å². The van der Waals surface area contributed by atoms with Crippen LogP contribution < -0.4 is 4.74 Å². The van der Waals surface area contributed by atoms with Gasteiger partial charge in [0.2, 0.25) is 0 Å². The summed E-state index contributed by atoms with van der Waals surface area (Å²) in [6.07, 6.45) is 5.63. The monoisotopic (exact) mass is 417 g/mol. The van der Waals surface area contributed by atoms with Gasteiger partial charge >= 0.3 is 0 Å². The number of nitrogens with zero attached hydrogens (tertiary/aromatic N) is 3. The standard InChI is InChI=1S/C27H35N3O/c1-3-29(21-25-11-5-10-24-12-6-15-28-27(24)25)19-23-9-7-16-30(20-23)17-14-22-8-4-13-26(18-22)31-2/h4-6,8,10-13,15,18,23H,3,7,9,14,16-17,19-21H2,1-2H3. The number of aromatic nitrogens is 1. The molecule has 2 heterocycles. The Morgan fingerprint density at radius 1 is 1.13 bits per heavy atom. The molecule has 31 heavy (non-hydrogen) atoms. The van der Waals surface area contributed by atoms with Gasteiger partial charge in [-0.1, -0.05) is 43.3 Å². The number of likely N-dealkylation sites (tertiary alicyclic amines) is 1. The Balaban J connectivity index is 1.33. The molecule has 0 spiro atoms. The second kappa shape index (κ2) is 10.7. The average Bonchev–Trinajstić information content (AvgIpc) is 2.83. The van der Waals surface area contributed by atoms with Crippen molar-refractivity contribution in [2.45, 2.75) is 32.7 Å². The van der Waals surface area contributed by atoms with Crippen LogP contribution in [0.4, 0.5) is 0 Å². The van der Waals surface area contributed by atoms with E-state index in [1.54, 1.807) is 7.11 Å². The Hall–Kier alpha value is -2.43. The van der Waals surface area contributed by atoms with Crippen molar-refractivity contribution in [2.75, 3.05) is 39.8 Å². The second-order valence-corrected chi connectivity index (χ2v) is 8.73. The number of hydrogen-bond acceptors (Lipinski definition) is 4. The fourth-order valence-corrected chi connectivity index (χ4v) is 4.83. The minimum Gasteiger partial charge on any atom is -0.497 e. The van der Waals surface area contributed by atoms with E-state index in [4.69, 9.17) is 4.74 Å². The van der Waals surface area contributed by atoms with Gasteiger partial charge in [0.25, 0.3) is 0 Å². The molecular weight excluding hydrogens is 382 g/mol. The number of methoxy groups -OCH3 is 1. The summed E-state index contributed by atoms with van der Waals surface area (Å²) in [4.78, 5) is 9.90. The number of pyridine rings is 1.